The van der Waals surface area contributed by atoms with Gasteiger partial charge >= 0.3 is 6.09 Å². The molecule has 0 aromatic carbocycles. The predicted octanol–water partition coefficient (Wildman–Crippen LogP) is 1.91. The summed E-state index contributed by atoms with van der Waals surface area (Å²) in [7, 11) is 0. The summed E-state index contributed by atoms with van der Waals surface area (Å²) in [5.41, 5.74) is -0.126. The van der Waals surface area contributed by atoms with Crippen LogP contribution < -0.4 is 10.9 Å². The molecule has 1 rings (SSSR count). The van der Waals surface area contributed by atoms with Crippen molar-refractivity contribution in [3.63, 3.8) is 0 Å². The zero-order valence-corrected chi connectivity index (χ0v) is 10.8. The first kappa shape index (κ1) is 14.0. The molecule has 0 aliphatic heterocycles. The standard InChI is InChI=1S/C13H18N2O3/c1-13(2,3)18-12(17)15-9-5-7-10-6-4-8-14-11(10)16/h4-8H,9H2,1-3H3,(H,14,16)(H,15,17). The molecule has 0 aliphatic rings. The molecule has 5 heteroatoms. The SMILES string of the molecule is CC(C)(C)OC(=O)NCC=Cc1ccc[nH]c1=O. The van der Waals surface area contributed by atoms with Gasteiger partial charge in [-0.2, -0.15) is 0 Å². The molecule has 0 bridgehead atoms. The molecule has 18 heavy (non-hydrogen) atoms. The van der Waals surface area contributed by atoms with E-state index in [4.69, 9.17) is 4.74 Å². The van der Waals surface area contributed by atoms with E-state index in [-0.39, 0.29) is 5.56 Å². The molecule has 0 atom stereocenters. The number of ether oxygens (including phenoxy) is 1. The van der Waals surface area contributed by atoms with Crippen molar-refractivity contribution in [1.82, 2.24) is 10.3 Å². The Labute approximate surface area is 106 Å². The van der Waals surface area contributed by atoms with Crippen molar-refractivity contribution >= 4 is 12.2 Å². The van der Waals surface area contributed by atoms with Crippen LogP contribution in [0.3, 0.4) is 0 Å². The number of rotatable bonds is 3. The van der Waals surface area contributed by atoms with E-state index in [2.05, 4.69) is 10.3 Å². The maximum atomic E-state index is 11.3. The van der Waals surface area contributed by atoms with Crippen molar-refractivity contribution in [2.24, 2.45) is 0 Å². The first-order chi connectivity index (χ1) is 8.38. The Kier molecular flexibility index (Phi) is 4.71. The lowest BCUT2D eigenvalue weighted by Crippen LogP contribution is -2.32. The van der Waals surface area contributed by atoms with E-state index in [0.29, 0.717) is 12.1 Å². The highest BCUT2D eigenvalue weighted by molar-refractivity contribution is 5.68. The third kappa shape index (κ3) is 5.34. The Morgan fingerprint density at radius 2 is 2.22 bits per heavy atom. The fourth-order valence-electron chi connectivity index (χ4n) is 1.21. The van der Waals surface area contributed by atoms with Gasteiger partial charge in [-0.1, -0.05) is 12.2 Å². The molecule has 0 aliphatic carbocycles. The summed E-state index contributed by atoms with van der Waals surface area (Å²) in [4.78, 5) is 25.2. The fourth-order valence-corrected chi connectivity index (χ4v) is 1.21. The van der Waals surface area contributed by atoms with E-state index in [1.54, 1.807) is 51.3 Å². The number of alkyl carbamates (subject to hydrolysis) is 1. The summed E-state index contributed by atoms with van der Waals surface area (Å²) >= 11 is 0. The lowest BCUT2D eigenvalue weighted by Gasteiger charge is -2.19. The van der Waals surface area contributed by atoms with Crippen LogP contribution in [-0.2, 0) is 4.74 Å². The molecule has 0 saturated heterocycles. The molecule has 5 nitrogen and oxygen atoms in total. The molecule has 1 heterocycles. The van der Waals surface area contributed by atoms with E-state index in [9.17, 15) is 9.59 Å². The molecule has 1 aromatic heterocycles. The highest BCUT2D eigenvalue weighted by atomic mass is 16.6. The average molecular weight is 250 g/mol. The molecule has 0 saturated carbocycles. The van der Waals surface area contributed by atoms with Crippen LogP contribution in [0.25, 0.3) is 6.08 Å². The van der Waals surface area contributed by atoms with Gasteiger partial charge in [0.1, 0.15) is 5.60 Å². The van der Waals surface area contributed by atoms with E-state index >= 15 is 0 Å². The minimum absolute atomic E-state index is 0.161. The third-order valence-corrected chi connectivity index (χ3v) is 1.91. The van der Waals surface area contributed by atoms with Gasteiger partial charge in [0.15, 0.2) is 0 Å². The van der Waals surface area contributed by atoms with Crippen molar-refractivity contribution in [3.8, 4) is 0 Å². The van der Waals surface area contributed by atoms with Crippen molar-refractivity contribution in [2.75, 3.05) is 6.54 Å². The number of carbonyl (C=O) groups is 1. The van der Waals surface area contributed by atoms with Gasteiger partial charge in [-0.05, 0) is 32.9 Å². The maximum Gasteiger partial charge on any atom is 0.407 e. The number of hydrogen-bond donors (Lipinski definition) is 2. The number of aromatic nitrogens is 1. The van der Waals surface area contributed by atoms with Gasteiger partial charge < -0.3 is 15.0 Å². The zero-order chi connectivity index (χ0) is 13.6. The van der Waals surface area contributed by atoms with Gasteiger partial charge in [0.2, 0.25) is 0 Å². The van der Waals surface area contributed by atoms with E-state index < -0.39 is 11.7 Å². The minimum Gasteiger partial charge on any atom is -0.444 e. The second-order valence-corrected chi connectivity index (χ2v) is 4.74. The van der Waals surface area contributed by atoms with Crippen molar-refractivity contribution in [2.45, 2.75) is 26.4 Å². The summed E-state index contributed by atoms with van der Waals surface area (Å²) in [6, 6.07) is 3.44. The number of amides is 1. The minimum atomic E-state index is -0.510. The largest absolute Gasteiger partial charge is 0.444 e. The Bertz CT molecular complexity index is 483. The zero-order valence-electron chi connectivity index (χ0n) is 10.8. The number of carbonyl (C=O) groups excluding carboxylic acids is 1. The molecule has 98 valence electrons. The van der Waals surface area contributed by atoms with Crippen molar-refractivity contribution in [1.29, 1.82) is 0 Å². The summed E-state index contributed by atoms with van der Waals surface area (Å²) in [5, 5.41) is 2.57. The quantitative estimate of drug-likeness (QED) is 0.860. The molecule has 1 aromatic rings. The summed E-state index contributed by atoms with van der Waals surface area (Å²) in [6.45, 7) is 5.70. The topological polar surface area (TPSA) is 71.2 Å². The summed E-state index contributed by atoms with van der Waals surface area (Å²) in [5.74, 6) is 0. The maximum absolute atomic E-state index is 11.3. The van der Waals surface area contributed by atoms with Gasteiger partial charge in [-0.15, -0.1) is 0 Å². The smallest absolute Gasteiger partial charge is 0.407 e. The van der Waals surface area contributed by atoms with Crippen LogP contribution in [0.1, 0.15) is 26.3 Å². The molecule has 0 spiro atoms. The Morgan fingerprint density at radius 1 is 1.50 bits per heavy atom. The highest BCUT2D eigenvalue weighted by Gasteiger charge is 2.14. The van der Waals surface area contributed by atoms with Crippen LogP contribution in [-0.4, -0.2) is 23.2 Å². The van der Waals surface area contributed by atoms with Crippen LogP contribution in [0.2, 0.25) is 0 Å². The summed E-state index contributed by atoms with van der Waals surface area (Å²) in [6.07, 6.45) is 4.43. The average Bonchev–Trinajstić information content (AvgIpc) is 2.24. The first-order valence-corrected chi connectivity index (χ1v) is 5.69. The van der Waals surface area contributed by atoms with Gasteiger partial charge in [-0.25, -0.2) is 4.79 Å². The van der Waals surface area contributed by atoms with E-state index in [1.165, 1.54) is 0 Å². The van der Waals surface area contributed by atoms with Crippen LogP contribution in [0.15, 0.2) is 29.2 Å². The number of H-pyrrole nitrogens is 1. The van der Waals surface area contributed by atoms with Gasteiger partial charge in [-0.3, -0.25) is 4.79 Å². The van der Waals surface area contributed by atoms with Crippen LogP contribution in [0.4, 0.5) is 4.79 Å². The predicted molar refractivity (Wildman–Crippen MR) is 70.3 cm³/mol. The second kappa shape index (κ2) is 6.05. The molecule has 2 N–H and O–H groups in total. The molecular formula is C13H18N2O3. The summed E-state index contributed by atoms with van der Waals surface area (Å²) < 4.78 is 5.06. The number of nitrogens with one attached hydrogen (secondary N) is 2. The van der Waals surface area contributed by atoms with Crippen molar-refractivity contribution < 1.29 is 9.53 Å². The van der Waals surface area contributed by atoms with E-state index in [0.717, 1.165) is 0 Å². The number of pyridine rings is 1. The highest BCUT2D eigenvalue weighted by Crippen LogP contribution is 2.06. The fraction of sp³-hybridized carbons (Fsp3) is 0.385. The second-order valence-electron chi connectivity index (χ2n) is 4.74. The van der Waals surface area contributed by atoms with Crippen LogP contribution in [0, 0.1) is 0 Å². The van der Waals surface area contributed by atoms with E-state index in [1.807, 2.05) is 0 Å². The Hall–Kier alpha value is -2.04. The molecule has 1 amide bonds. The molecule has 0 radical (unpaired) electrons. The third-order valence-electron chi connectivity index (χ3n) is 1.91. The van der Waals surface area contributed by atoms with Gasteiger partial charge in [0.05, 0.1) is 0 Å². The number of hydrogen-bond acceptors (Lipinski definition) is 3. The Balaban J connectivity index is 2.41. The normalized spacial score (nSPS) is 11.5. The molecule has 0 unspecified atom stereocenters. The lowest BCUT2D eigenvalue weighted by molar-refractivity contribution is 0.0534. The van der Waals surface area contributed by atoms with Gasteiger partial charge in [0, 0.05) is 18.3 Å². The first-order valence-electron chi connectivity index (χ1n) is 5.69. The Morgan fingerprint density at radius 3 is 2.83 bits per heavy atom. The number of aromatic amines is 1. The lowest BCUT2D eigenvalue weighted by atomic mass is 10.2. The van der Waals surface area contributed by atoms with Crippen LogP contribution in [0.5, 0.6) is 0 Å². The van der Waals surface area contributed by atoms with Gasteiger partial charge in [0.25, 0.3) is 5.56 Å². The van der Waals surface area contributed by atoms with Crippen molar-refractivity contribution in [3.05, 3.63) is 40.3 Å². The van der Waals surface area contributed by atoms with Crippen LogP contribution >= 0.6 is 0 Å². The molecule has 0 fully saturated rings. The monoisotopic (exact) mass is 250 g/mol. The molecular weight excluding hydrogens is 232 g/mol.